The molecular weight excluding hydrogens is 331 g/mol. The molecule has 0 fully saturated rings. The second-order valence-corrected chi connectivity index (χ2v) is 5.02. The quantitative estimate of drug-likeness (QED) is 0.614. The van der Waals surface area contributed by atoms with Gasteiger partial charge in [-0.2, -0.15) is 18.3 Å². The van der Waals surface area contributed by atoms with Gasteiger partial charge in [-0.25, -0.2) is 5.43 Å². The minimum absolute atomic E-state index is 0.193. The van der Waals surface area contributed by atoms with Crippen LogP contribution in [0.3, 0.4) is 0 Å². The van der Waals surface area contributed by atoms with Gasteiger partial charge in [-0.05, 0) is 29.8 Å². The van der Waals surface area contributed by atoms with Crippen LogP contribution in [0, 0.1) is 0 Å². The normalized spacial score (nSPS) is 11.8. The van der Waals surface area contributed by atoms with E-state index in [1.807, 2.05) is 36.4 Å². The number of hydrogen-bond donors (Lipinski definition) is 2. The summed E-state index contributed by atoms with van der Waals surface area (Å²) in [5, 5.41) is 6.34. The molecule has 0 bridgehead atoms. The molecule has 0 unspecified atom stereocenters. The van der Waals surface area contributed by atoms with Gasteiger partial charge in [0.15, 0.2) is 0 Å². The van der Waals surface area contributed by atoms with Crippen molar-refractivity contribution < 1.29 is 18.0 Å². The fraction of sp³-hybridized carbons (Fsp3) is 0.111. The number of anilines is 1. The van der Waals surface area contributed by atoms with Crippen molar-refractivity contribution in [3.05, 3.63) is 71.8 Å². The van der Waals surface area contributed by atoms with Crippen molar-refractivity contribution in [1.29, 1.82) is 0 Å². The molecule has 2 aromatic rings. The summed E-state index contributed by atoms with van der Waals surface area (Å²) in [7, 11) is 0. The first kappa shape index (κ1) is 18.3. The molecule has 0 spiro atoms. The third-order valence-electron chi connectivity index (χ3n) is 3.08. The molecule has 0 aliphatic carbocycles. The van der Waals surface area contributed by atoms with Gasteiger partial charge in [0.2, 0.25) is 0 Å². The maximum atomic E-state index is 12.6. The Labute approximate surface area is 143 Å². The first-order valence-electron chi connectivity index (χ1n) is 7.40. The topological polar surface area (TPSA) is 53.5 Å². The van der Waals surface area contributed by atoms with Crippen LogP contribution in [-0.2, 0) is 11.0 Å². The lowest BCUT2D eigenvalue weighted by molar-refractivity contribution is -0.137. The molecule has 4 nitrogen and oxygen atoms in total. The molecule has 2 N–H and O–H groups in total. The predicted molar refractivity (Wildman–Crippen MR) is 92.0 cm³/mol. The summed E-state index contributed by atoms with van der Waals surface area (Å²) in [6, 6.07) is 14.2. The fourth-order valence-electron chi connectivity index (χ4n) is 1.90. The lowest BCUT2D eigenvalue weighted by atomic mass is 10.2. The summed E-state index contributed by atoms with van der Waals surface area (Å²) in [5.41, 5.74) is 2.70. The van der Waals surface area contributed by atoms with Crippen LogP contribution in [0.25, 0.3) is 6.08 Å². The van der Waals surface area contributed by atoms with Gasteiger partial charge in [-0.15, -0.1) is 0 Å². The zero-order valence-corrected chi connectivity index (χ0v) is 13.1. The van der Waals surface area contributed by atoms with E-state index in [4.69, 9.17) is 0 Å². The van der Waals surface area contributed by atoms with Crippen LogP contribution in [0.5, 0.6) is 0 Å². The molecule has 2 aromatic carbocycles. The van der Waals surface area contributed by atoms with Crippen molar-refractivity contribution in [1.82, 2.24) is 5.43 Å². The van der Waals surface area contributed by atoms with Crippen LogP contribution >= 0.6 is 0 Å². The molecule has 130 valence electrons. The number of hydrogen-bond acceptors (Lipinski definition) is 3. The molecule has 0 saturated heterocycles. The van der Waals surface area contributed by atoms with Crippen molar-refractivity contribution in [2.45, 2.75) is 6.18 Å². The number of allylic oxidation sites excluding steroid dienone is 1. The van der Waals surface area contributed by atoms with E-state index < -0.39 is 17.6 Å². The Balaban J connectivity index is 1.77. The number of nitrogens with zero attached hydrogens (tertiary/aromatic N) is 1. The fourth-order valence-corrected chi connectivity index (χ4v) is 1.90. The summed E-state index contributed by atoms with van der Waals surface area (Å²) >= 11 is 0. The first-order valence-corrected chi connectivity index (χ1v) is 7.40. The molecule has 0 aromatic heterocycles. The highest BCUT2D eigenvalue weighted by Gasteiger charge is 2.30. The van der Waals surface area contributed by atoms with Crippen molar-refractivity contribution in [2.24, 2.45) is 5.10 Å². The minimum atomic E-state index is -4.42. The zero-order chi connectivity index (χ0) is 18.1. The summed E-state index contributed by atoms with van der Waals surface area (Å²) in [4.78, 5) is 11.6. The van der Waals surface area contributed by atoms with Gasteiger partial charge in [0.1, 0.15) is 0 Å². The molecule has 0 aliphatic rings. The highest BCUT2D eigenvalue weighted by molar-refractivity contribution is 5.83. The molecule has 0 atom stereocenters. The predicted octanol–water partition coefficient (Wildman–Crippen LogP) is 3.93. The van der Waals surface area contributed by atoms with E-state index in [1.54, 1.807) is 6.08 Å². The Morgan fingerprint density at radius 2 is 1.84 bits per heavy atom. The van der Waals surface area contributed by atoms with Crippen LogP contribution < -0.4 is 10.7 Å². The summed E-state index contributed by atoms with van der Waals surface area (Å²) in [6.07, 6.45) is 0.469. The van der Waals surface area contributed by atoms with E-state index in [1.165, 1.54) is 18.3 Å². The Morgan fingerprint density at radius 3 is 2.56 bits per heavy atom. The van der Waals surface area contributed by atoms with E-state index in [-0.39, 0.29) is 12.2 Å². The number of rotatable bonds is 6. The minimum Gasteiger partial charge on any atom is -0.376 e. The van der Waals surface area contributed by atoms with Gasteiger partial charge in [-0.3, -0.25) is 4.79 Å². The summed E-state index contributed by atoms with van der Waals surface area (Å²) in [5.74, 6) is -0.471. The van der Waals surface area contributed by atoms with Crippen LogP contribution in [0.15, 0.2) is 65.8 Å². The number of carbonyl (C=O) groups excluding carboxylic acids is 1. The van der Waals surface area contributed by atoms with Crippen LogP contribution in [0.2, 0.25) is 0 Å². The molecule has 25 heavy (non-hydrogen) atoms. The van der Waals surface area contributed by atoms with Crippen molar-refractivity contribution in [2.75, 3.05) is 11.9 Å². The van der Waals surface area contributed by atoms with Gasteiger partial charge >= 0.3 is 6.18 Å². The van der Waals surface area contributed by atoms with Gasteiger partial charge < -0.3 is 5.32 Å². The largest absolute Gasteiger partial charge is 0.416 e. The average Bonchev–Trinajstić information content (AvgIpc) is 2.60. The number of benzene rings is 2. The van der Waals surface area contributed by atoms with E-state index >= 15 is 0 Å². The molecule has 0 aliphatic heterocycles. The standard InChI is InChI=1S/C18H16F3N3O/c19-18(20,21)15-9-4-10-16(12-15)22-13-17(25)24-23-11-5-8-14-6-2-1-3-7-14/h1-12,22H,13H2,(H,24,25)/b8-5+,23-11+. The van der Waals surface area contributed by atoms with Crippen molar-refractivity contribution in [3.8, 4) is 0 Å². The van der Waals surface area contributed by atoms with Crippen LogP contribution in [-0.4, -0.2) is 18.7 Å². The molecular formula is C18H16F3N3O. The first-order chi connectivity index (χ1) is 11.9. The maximum absolute atomic E-state index is 12.6. The highest BCUT2D eigenvalue weighted by Crippen LogP contribution is 2.30. The van der Waals surface area contributed by atoms with E-state index in [0.29, 0.717) is 0 Å². The molecule has 1 amide bonds. The second kappa shape index (κ2) is 8.68. The van der Waals surface area contributed by atoms with Gasteiger partial charge in [0.25, 0.3) is 5.91 Å². The van der Waals surface area contributed by atoms with E-state index in [2.05, 4.69) is 15.8 Å². The second-order valence-electron chi connectivity index (χ2n) is 5.02. The monoisotopic (exact) mass is 347 g/mol. The lowest BCUT2D eigenvalue weighted by Gasteiger charge is -2.09. The highest BCUT2D eigenvalue weighted by atomic mass is 19.4. The van der Waals surface area contributed by atoms with Crippen molar-refractivity contribution in [3.63, 3.8) is 0 Å². The molecule has 0 radical (unpaired) electrons. The molecule has 2 rings (SSSR count). The number of carbonyl (C=O) groups is 1. The van der Waals surface area contributed by atoms with E-state index in [0.717, 1.165) is 17.7 Å². The van der Waals surface area contributed by atoms with Crippen LogP contribution in [0.4, 0.5) is 18.9 Å². The lowest BCUT2D eigenvalue weighted by Crippen LogP contribution is -2.25. The molecule has 7 heteroatoms. The van der Waals surface area contributed by atoms with E-state index in [9.17, 15) is 18.0 Å². The van der Waals surface area contributed by atoms with Gasteiger partial charge in [-0.1, -0.05) is 42.5 Å². The Kier molecular flexibility index (Phi) is 6.33. The number of amides is 1. The zero-order valence-electron chi connectivity index (χ0n) is 13.1. The van der Waals surface area contributed by atoms with Crippen molar-refractivity contribution >= 4 is 23.9 Å². The summed E-state index contributed by atoms with van der Waals surface area (Å²) < 4.78 is 37.8. The Hall–Kier alpha value is -3.09. The third-order valence-corrected chi connectivity index (χ3v) is 3.08. The third kappa shape index (κ3) is 6.50. The Bertz CT molecular complexity index is 756. The number of halogens is 3. The van der Waals surface area contributed by atoms with Crippen LogP contribution in [0.1, 0.15) is 11.1 Å². The SMILES string of the molecule is O=C(CNc1cccc(C(F)(F)F)c1)N/N=C/C=C/c1ccccc1. The maximum Gasteiger partial charge on any atom is 0.416 e. The van der Waals surface area contributed by atoms with Gasteiger partial charge in [0, 0.05) is 11.9 Å². The summed E-state index contributed by atoms with van der Waals surface area (Å²) in [6.45, 7) is -0.193. The number of nitrogens with one attached hydrogen (secondary N) is 2. The molecule has 0 heterocycles. The number of hydrazone groups is 1. The molecule has 0 saturated carbocycles. The smallest absolute Gasteiger partial charge is 0.376 e. The Morgan fingerprint density at radius 1 is 1.08 bits per heavy atom. The van der Waals surface area contributed by atoms with Gasteiger partial charge in [0.05, 0.1) is 12.1 Å². The number of alkyl halides is 3. The average molecular weight is 347 g/mol.